The second-order valence-electron chi connectivity index (χ2n) is 10.9. The zero-order valence-electron chi connectivity index (χ0n) is 23.4. The van der Waals surface area contributed by atoms with E-state index in [-0.39, 0.29) is 29.6 Å². The first-order valence-corrected chi connectivity index (χ1v) is 15.7. The Morgan fingerprint density at radius 1 is 0.976 bits per heavy atom. The van der Waals surface area contributed by atoms with Crippen LogP contribution in [-0.4, -0.2) is 76.6 Å². The highest BCUT2D eigenvalue weighted by Crippen LogP contribution is 2.61. The summed E-state index contributed by atoms with van der Waals surface area (Å²) in [6, 6.07) is 13.8. The van der Waals surface area contributed by atoms with E-state index in [4.69, 9.17) is 16.3 Å². The summed E-state index contributed by atoms with van der Waals surface area (Å²) >= 11 is 8.09. The fourth-order valence-corrected chi connectivity index (χ4v) is 9.02. The van der Waals surface area contributed by atoms with Gasteiger partial charge in [-0.3, -0.25) is 14.4 Å². The van der Waals surface area contributed by atoms with Crippen molar-refractivity contribution >= 4 is 52.5 Å². The third-order valence-corrected chi connectivity index (χ3v) is 10.6. The van der Waals surface area contributed by atoms with Crippen LogP contribution in [0.2, 0.25) is 5.02 Å². The molecule has 0 aliphatic carbocycles. The van der Waals surface area contributed by atoms with E-state index >= 15 is 0 Å². The number of para-hydroxylation sites is 1. The molecule has 4 aliphatic heterocycles. The number of fused-ring (bicyclic) bond motifs is 2. The predicted octanol–water partition coefficient (Wildman–Crippen LogP) is 4.31. The molecule has 5 atom stereocenters. The van der Waals surface area contributed by atoms with E-state index in [0.717, 1.165) is 11.4 Å². The number of rotatable bonds is 8. The van der Waals surface area contributed by atoms with Crippen molar-refractivity contribution in [1.82, 2.24) is 4.90 Å². The summed E-state index contributed by atoms with van der Waals surface area (Å²) in [5, 5.41) is 9.64. The lowest BCUT2D eigenvalue weighted by Gasteiger charge is -2.35. The molecule has 2 aromatic rings. The van der Waals surface area contributed by atoms with E-state index in [9.17, 15) is 19.5 Å². The van der Waals surface area contributed by atoms with Crippen LogP contribution in [-0.2, 0) is 14.4 Å². The van der Waals surface area contributed by atoms with E-state index in [0.29, 0.717) is 49.8 Å². The summed E-state index contributed by atoms with van der Waals surface area (Å²) < 4.78 is 4.67. The summed E-state index contributed by atoms with van der Waals surface area (Å²) in [7, 11) is 0. The van der Waals surface area contributed by atoms with Gasteiger partial charge in [0.05, 0.1) is 33.9 Å². The minimum atomic E-state index is -0.916. The van der Waals surface area contributed by atoms with Gasteiger partial charge in [0.2, 0.25) is 11.8 Å². The second kappa shape index (κ2) is 11.8. The molecule has 4 aliphatic rings. The number of carbonyl (C=O) groups is 3. The van der Waals surface area contributed by atoms with Crippen molar-refractivity contribution in [2.75, 3.05) is 42.6 Å². The molecule has 2 aromatic carbocycles. The number of hydrogen-bond donors (Lipinski definition) is 1. The summed E-state index contributed by atoms with van der Waals surface area (Å²) in [6.45, 7) is 3.50. The summed E-state index contributed by atoms with van der Waals surface area (Å²) in [5.74, 6) is -1.14. The number of likely N-dealkylation sites (tertiary alicyclic amines) is 1. The Balaban J connectivity index is 1.39. The predicted molar refractivity (Wildman–Crippen MR) is 165 cm³/mol. The maximum Gasteiger partial charge on any atom is 0.251 e. The van der Waals surface area contributed by atoms with Crippen LogP contribution in [0.15, 0.2) is 72.8 Å². The van der Waals surface area contributed by atoms with Crippen LogP contribution in [0.1, 0.15) is 19.8 Å². The lowest BCUT2D eigenvalue weighted by molar-refractivity contribution is -0.138. The van der Waals surface area contributed by atoms with Crippen LogP contribution in [0, 0.1) is 11.8 Å². The van der Waals surface area contributed by atoms with Crippen LogP contribution < -0.4 is 14.5 Å². The fraction of sp³-hybridized carbons (Fsp3) is 0.406. The standard InChI is InChI=1S/C32H34ClN3O5S/c1-2-41-22-14-12-21(13-15-22)34-18-7-11-25-26(29(34)38)27-30(39)36(17-5-6-20-37)28-31(40)35(19-8-16-32(27,28)42-25)24-10-4-3-9-23(24)33/h3-4,7-16,25-28,37H,2,5-6,17-20H2,1H3/t25-,26+,27+,28?,32+/m1/s1. The summed E-state index contributed by atoms with van der Waals surface area (Å²) in [6.07, 6.45) is 9.02. The van der Waals surface area contributed by atoms with Gasteiger partial charge in [0, 0.05) is 37.2 Å². The molecular weight excluding hydrogens is 574 g/mol. The number of halogens is 1. The number of aliphatic hydroxyl groups is 1. The average Bonchev–Trinajstić information content (AvgIpc) is 3.29. The first kappa shape index (κ1) is 28.8. The number of anilines is 2. The van der Waals surface area contributed by atoms with Crippen molar-refractivity contribution in [1.29, 1.82) is 0 Å². The SMILES string of the molecule is CCOc1ccc(N2CC=C[C@H]3S[C@]45C=CCN(c6ccccc6Cl)C(=O)C4N(CCCCO)C(=O)[C@@H]5[C@H]3C2=O)cc1. The Kier molecular flexibility index (Phi) is 8.09. The molecule has 8 nitrogen and oxygen atoms in total. The van der Waals surface area contributed by atoms with Gasteiger partial charge in [-0.2, -0.15) is 0 Å². The molecule has 2 fully saturated rings. The van der Waals surface area contributed by atoms with Crippen LogP contribution in [0.4, 0.5) is 11.4 Å². The van der Waals surface area contributed by atoms with Crippen molar-refractivity contribution in [2.24, 2.45) is 11.8 Å². The van der Waals surface area contributed by atoms with Crippen LogP contribution >= 0.6 is 23.4 Å². The number of carbonyl (C=O) groups excluding carboxylic acids is 3. The Morgan fingerprint density at radius 2 is 1.74 bits per heavy atom. The van der Waals surface area contributed by atoms with E-state index in [2.05, 4.69) is 0 Å². The van der Waals surface area contributed by atoms with Gasteiger partial charge in [0.25, 0.3) is 5.91 Å². The van der Waals surface area contributed by atoms with Gasteiger partial charge in [0.15, 0.2) is 0 Å². The Morgan fingerprint density at radius 3 is 2.48 bits per heavy atom. The first-order chi connectivity index (χ1) is 20.4. The molecule has 4 heterocycles. The number of benzene rings is 2. The van der Waals surface area contributed by atoms with E-state index in [1.807, 2.05) is 73.7 Å². The molecule has 3 amide bonds. The topological polar surface area (TPSA) is 90.4 Å². The van der Waals surface area contributed by atoms with Gasteiger partial charge in [-0.15, -0.1) is 11.8 Å². The minimum Gasteiger partial charge on any atom is -0.494 e. The van der Waals surface area contributed by atoms with E-state index < -0.39 is 22.6 Å². The second-order valence-corrected chi connectivity index (χ2v) is 12.8. The van der Waals surface area contributed by atoms with Crippen molar-refractivity contribution in [2.45, 2.75) is 35.8 Å². The highest BCUT2D eigenvalue weighted by Gasteiger charge is 2.71. The smallest absolute Gasteiger partial charge is 0.251 e. The number of hydrogen-bond acceptors (Lipinski definition) is 6. The number of ether oxygens (including phenoxy) is 1. The third-order valence-electron chi connectivity index (χ3n) is 8.57. The maximum absolute atomic E-state index is 14.5. The molecule has 0 radical (unpaired) electrons. The largest absolute Gasteiger partial charge is 0.494 e. The van der Waals surface area contributed by atoms with Gasteiger partial charge >= 0.3 is 0 Å². The number of nitrogens with zero attached hydrogens (tertiary/aromatic N) is 3. The van der Waals surface area contributed by atoms with Crippen molar-refractivity contribution in [3.05, 3.63) is 77.9 Å². The fourth-order valence-electron chi connectivity index (χ4n) is 6.78. The van der Waals surface area contributed by atoms with Gasteiger partial charge < -0.3 is 24.5 Å². The molecule has 1 spiro atoms. The molecular formula is C32H34ClN3O5S. The van der Waals surface area contributed by atoms with Gasteiger partial charge in [0.1, 0.15) is 11.8 Å². The number of thioether (sulfide) groups is 1. The number of amides is 3. The van der Waals surface area contributed by atoms with Gasteiger partial charge in [-0.1, -0.05) is 48.0 Å². The molecule has 1 unspecified atom stereocenters. The van der Waals surface area contributed by atoms with Crippen LogP contribution in [0.5, 0.6) is 5.75 Å². The summed E-state index contributed by atoms with van der Waals surface area (Å²) in [4.78, 5) is 48.3. The zero-order valence-corrected chi connectivity index (χ0v) is 25.0. The van der Waals surface area contributed by atoms with Crippen molar-refractivity contribution < 1.29 is 24.2 Å². The van der Waals surface area contributed by atoms with E-state index in [1.54, 1.807) is 32.5 Å². The quantitative estimate of drug-likeness (QED) is 0.355. The van der Waals surface area contributed by atoms with Crippen molar-refractivity contribution in [3.63, 3.8) is 0 Å². The molecule has 0 saturated carbocycles. The monoisotopic (exact) mass is 607 g/mol. The van der Waals surface area contributed by atoms with E-state index in [1.165, 1.54) is 0 Å². The molecule has 6 rings (SSSR count). The average molecular weight is 608 g/mol. The minimum absolute atomic E-state index is 0.000637. The lowest BCUT2D eigenvalue weighted by Crippen LogP contribution is -2.53. The number of aliphatic hydroxyl groups excluding tert-OH is 1. The normalized spacial score (nSPS) is 28.5. The molecule has 42 heavy (non-hydrogen) atoms. The number of unbranched alkanes of at least 4 members (excludes halogenated alkanes) is 1. The third kappa shape index (κ3) is 4.71. The molecule has 2 saturated heterocycles. The van der Waals surface area contributed by atoms with Crippen LogP contribution in [0.3, 0.4) is 0 Å². The molecule has 10 heteroatoms. The Labute approximate surface area is 254 Å². The lowest BCUT2D eigenvalue weighted by atomic mass is 9.78. The molecule has 0 bridgehead atoms. The molecule has 0 aromatic heterocycles. The first-order valence-electron chi connectivity index (χ1n) is 14.4. The highest BCUT2D eigenvalue weighted by atomic mass is 35.5. The molecule has 1 N–H and O–H groups in total. The summed E-state index contributed by atoms with van der Waals surface area (Å²) in [5.41, 5.74) is 1.32. The molecule has 220 valence electrons. The van der Waals surface area contributed by atoms with Crippen molar-refractivity contribution in [3.8, 4) is 5.75 Å². The maximum atomic E-state index is 14.5. The Bertz CT molecular complexity index is 1430. The van der Waals surface area contributed by atoms with Crippen LogP contribution in [0.25, 0.3) is 0 Å². The zero-order chi connectivity index (χ0) is 29.4. The highest BCUT2D eigenvalue weighted by molar-refractivity contribution is 8.02. The van der Waals surface area contributed by atoms with Gasteiger partial charge in [-0.05, 0) is 56.2 Å². The van der Waals surface area contributed by atoms with Gasteiger partial charge in [-0.25, -0.2) is 0 Å². The Hall–Kier alpha value is -3.27.